The maximum Gasteiger partial charge on any atom is 0.221 e. The number of carbonyl (C=O) groups is 1. The van der Waals surface area contributed by atoms with Crippen LogP contribution in [-0.4, -0.2) is 48.0 Å². The fraction of sp³-hybridized carbons (Fsp3) is 0.938. The Morgan fingerprint density at radius 2 is 1.95 bits per heavy atom. The Morgan fingerprint density at radius 1 is 1.20 bits per heavy atom. The summed E-state index contributed by atoms with van der Waals surface area (Å²) in [5.41, 5.74) is 0. The predicted octanol–water partition coefficient (Wildman–Crippen LogP) is 2.51. The third kappa shape index (κ3) is 3.51. The zero-order valence-electron chi connectivity index (χ0n) is 12.6. The van der Waals surface area contributed by atoms with Crippen LogP contribution in [0.15, 0.2) is 0 Å². The lowest BCUT2D eigenvalue weighted by Gasteiger charge is -2.23. The highest BCUT2D eigenvalue weighted by Crippen LogP contribution is 2.42. The molecule has 1 saturated heterocycles. The molecule has 0 bridgehead atoms. The second-order valence-electron chi connectivity index (χ2n) is 6.81. The number of hydrogen-bond donors (Lipinski definition) is 1. The molecule has 20 heavy (non-hydrogen) atoms. The first-order valence-electron chi connectivity index (χ1n) is 8.30. The molecular formula is C16H28N2OS. The van der Waals surface area contributed by atoms with Crippen LogP contribution in [0.4, 0.5) is 0 Å². The Balaban J connectivity index is 1.55. The van der Waals surface area contributed by atoms with Gasteiger partial charge >= 0.3 is 0 Å². The molecule has 3 nitrogen and oxygen atoms in total. The third-order valence-electron chi connectivity index (χ3n) is 5.34. The van der Waals surface area contributed by atoms with Crippen molar-refractivity contribution in [3.05, 3.63) is 0 Å². The number of carbonyl (C=O) groups excluding carboxylic acids is 1. The molecule has 0 aromatic rings. The van der Waals surface area contributed by atoms with Gasteiger partial charge in [-0.25, -0.2) is 0 Å². The fourth-order valence-corrected chi connectivity index (χ4v) is 4.45. The van der Waals surface area contributed by atoms with E-state index in [4.69, 9.17) is 0 Å². The van der Waals surface area contributed by atoms with E-state index in [9.17, 15) is 4.79 Å². The van der Waals surface area contributed by atoms with Gasteiger partial charge in [-0.1, -0.05) is 12.8 Å². The minimum absolute atomic E-state index is 0.267. The van der Waals surface area contributed by atoms with Crippen LogP contribution in [0.5, 0.6) is 0 Å². The first kappa shape index (κ1) is 14.7. The summed E-state index contributed by atoms with van der Waals surface area (Å²) in [7, 11) is 0. The van der Waals surface area contributed by atoms with Crippen LogP contribution < -0.4 is 5.32 Å². The topological polar surface area (TPSA) is 32.3 Å². The second kappa shape index (κ2) is 6.69. The molecule has 2 atom stereocenters. The van der Waals surface area contributed by atoms with Gasteiger partial charge in [0.25, 0.3) is 0 Å². The van der Waals surface area contributed by atoms with Gasteiger partial charge < -0.3 is 5.32 Å². The van der Waals surface area contributed by atoms with E-state index >= 15 is 0 Å². The van der Waals surface area contributed by atoms with Gasteiger partial charge in [0.15, 0.2) is 0 Å². The summed E-state index contributed by atoms with van der Waals surface area (Å²) >= 11 is 1.76. The summed E-state index contributed by atoms with van der Waals surface area (Å²) in [6, 6.07) is 1.24. The minimum Gasteiger partial charge on any atom is -0.352 e. The van der Waals surface area contributed by atoms with Crippen molar-refractivity contribution < 1.29 is 4.79 Å². The van der Waals surface area contributed by atoms with Gasteiger partial charge in [-0.3, -0.25) is 9.69 Å². The summed E-state index contributed by atoms with van der Waals surface area (Å²) in [6.07, 6.45) is 11.1. The highest BCUT2D eigenvalue weighted by Gasteiger charge is 2.44. The number of hydrogen-bond acceptors (Lipinski definition) is 3. The molecule has 3 aliphatic rings. The normalized spacial score (nSPS) is 31.9. The zero-order chi connectivity index (χ0) is 13.9. The van der Waals surface area contributed by atoms with Gasteiger partial charge in [0.05, 0.1) is 0 Å². The first-order valence-corrected chi connectivity index (χ1v) is 9.69. The van der Waals surface area contributed by atoms with E-state index in [1.54, 1.807) is 11.8 Å². The largest absolute Gasteiger partial charge is 0.352 e. The van der Waals surface area contributed by atoms with Gasteiger partial charge in [-0.05, 0) is 43.8 Å². The molecule has 3 fully saturated rings. The molecule has 1 N–H and O–H groups in total. The average molecular weight is 296 g/mol. The molecule has 1 heterocycles. The van der Waals surface area contributed by atoms with E-state index in [-0.39, 0.29) is 5.91 Å². The number of rotatable bonds is 6. The van der Waals surface area contributed by atoms with Crippen molar-refractivity contribution in [2.45, 2.75) is 57.0 Å². The van der Waals surface area contributed by atoms with Gasteiger partial charge in [-0.2, -0.15) is 11.8 Å². The van der Waals surface area contributed by atoms with Crippen LogP contribution in [0, 0.1) is 11.8 Å². The molecule has 0 radical (unpaired) electrons. The third-order valence-corrected chi connectivity index (χ3v) is 5.95. The Morgan fingerprint density at radius 3 is 2.60 bits per heavy atom. The van der Waals surface area contributed by atoms with Crippen LogP contribution >= 0.6 is 11.8 Å². The number of thioether (sulfide) groups is 1. The average Bonchev–Trinajstić information content (AvgIpc) is 2.99. The maximum atomic E-state index is 12.0. The Bertz CT molecular complexity index is 339. The molecule has 2 unspecified atom stereocenters. The van der Waals surface area contributed by atoms with E-state index in [1.807, 2.05) is 0 Å². The molecule has 0 spiro atoms. The number of amides is 1. The fourth-order valence-electron chi connectivity index (χ4n) is 4.06. The van der Waals surface area contributed by atoms with E-state index in [0.29, 0.717) is 12.5 Å². The van der Waals surface area contributed by atoms with Crippen molar-refractivity contribution in [1.82, 2.24) is 10.2 Å². The lowest BCUT2D eigenvalue weighted by Crippen LogP contribution is -2.42. The smallest absolute Gasteiger partial charge is 0.221 e. The number of nitrogens with zero attached hydrogens (tertiary/aromatic N) is 1. The quantitative estimate of drug-likeness (QED) is 0.817. The minimum atomic E-state index is 0.267. The van der Waals surface area contributed by atoms with Crippen LogP contribution in [0.25, 0.3) is 0 Å². The monoisotopic (exact) mass is 296 g/mol. The standard InChI is InChI=1S/C16H28N2OS/c1-20-9-8-16(19)17-15-11-18(13-4-2-3-5-13)10-14(15)12-6-7-12/h12-15H,2-11H2,1H3,(H,17,19). The molecule has 0 aromatic heterocycles. The number of nitrogens with one attached hydrogen (secondary N) is 1. The van der Waals surface area contributed by atoms with Crippen LogP contribution in [0.2, 0.25) is 0 Å². The van der Waals surface area contributed by atoms with Gasteiger partial charge in [0.2, 0.25) is 5.91 Å². The molecular weight excluding hydrogens is 268 g/mol. The summed E-state index contributed by atoms with van der Waals surface area (Å²) < 4.78 is 0. The lowest BCUT2D eigenvalue weighted by atomic mass is 9.98. The molecule has 2 saturated carbocycles. The van der Waals surface area contributed by atoms with E-state index < -0.39 is 0 Å². The van der Waals surface area contributed by atoms with Crippen LogP contribution in [-0.2, 0) is 4.79 Å². The summed E-state index contributed by atoms with van der Waals surface area (Å²) in [5.74, 6) is 2.84. The Kier molecular flexibility index (Phi) is 4.92. The van der Waals surface area contributed by atoms with E-state index in [1.165, 1.54) is 45.1 Å². The molecule has 114 valence electrons. The molecule has 1 amide bonds. The lowest BCUT2D eigenvalue weighted by molar-refractivity contribution is -0.121. The Hall–Kier alpha value is -0.220. The van der Waals surface area contributed by atoms with Crippen molar-refractivity contribution in [2.75, 3.05) is 25.1 Å². The van der Waals surface area contributed by atoms with Crippen molar-refractivity contribution in [2.24, 2.45) is 11.8 Å². The van der Waals surface area contributed by atoms with Crippen LogP contribution in [0.3, 0.4) is 0 Å². The first-order chi connectivity index (χ1) is 9.78. The van der Waals surface area contributed by atoms with Crippen molar-refractivity contribution in [3.63, 3.8) is 0 Å². The van der Waals surface area contributed by atoms with E-state index in [2.05, 4.69) is 16.5 Å². The molecule has 4 heteroatoms. The molecule has 2 aliphatic carbocycles. The molecule has 3 rings (SSSR count). The van der Waals surface area contributed by atoms with Gasteiger partial charge in [0, 0.05) is 37.3 Å². The number of likely N-dealkylation sites (tertiary alicyclic amines) is 1. The predicted molar refractivity (Wildman–Crippen MR) is 85.0 cm³/mol. The zero-order valence-corrected chi connectivity index (χ0v) is 13.5. The van der Waals surface area contributed by atoms with Crippen LogP contribution in [0.1, 0.15) is 44.9 Å². The summed E-state index contributed by atoms with van der Waals surface area (Å²) in [4.78, 5) is 14.7. The van der Waals surface area contributed by atoms with Crippen molar-refractivity contribution in [1.29, 1.82) is 0 Å². The Labute approximate surface area is 127 Å². The highest BCUT2D eigenvalue weighted by atomic mass is 32.2. The van der Waals surface area contributed by atoms with Gasteiger partial charge in [-0.15, -0.1) is 0 Å². The maximum absolute atomic E-state index is 12.0. The summed E-state index contributed by atoms with van der Waals surface area (Å²) in [6.45, 7) is 2.35. The van der Waals surface area contributed by atoms with E-state index in [0.717, 1.165) is 30.2 Å². The molecule has 0 aromatic carbocycles. The summed E-state index contributed by atoms with van der Waals surface area (Å²) in [5, 5.41) is 3.34. The SMILES string of the molecule is CSCCC(=O)NC1CN(C2CCCC2)CC1C1CC1. The van der Waals surface area contributed by atoms with Gasteiger partial charge in [0.1, 0.15) is 0 Å². The van der Waals surface area contributed by atoms with Crippen molar-refractivity contribution >= 4 is 17.7 Å². The highest BCUT2D eigenvalue weighted by molar-refractivity contribution is 7.98. The second-order valence-corrected chi connectivity index (χ2v) is 7.80. The van der Waals surface area contributed by atoms with Crippen molar-refractivity contribution in [3.8, 4) is 0 Å². The molecule has 1 aliphatic heterocycles.